The molecular weight excluding hydrogens is 298 g/mol. The van der Waals surface area contributed by atoms with E-state index >= 15 is 0 Å². The largest absolute Gasteiger partial charge is 0.386 e. The van der Waals surface area contributed by atoms with E-state index in [4.69, 9.17) is 11.6 Å². The number of carbonyl (C=O) groups is 1. The van der Waals surface area contributed by atoms with Crippen LogP contribution in [0, 0.1) is 5.92 Å². The molecule has 0 unspecified atom stereocenters. The summed E-state index contributed by atoms with van der Waals surface area (Å²) < 4.78 is 0. The minimum Gasteiger partial charge on any atom is -0.386 e. The van der Waals surface area contributed by atoms with Crippen LogP contribution in [-0.4, -0.2) is 34.9 Å². The van der Waals surface area contributed by atoms with Gasteiger partial charge in [0.2, 0.25) is 5.91 Å². The highest BCUT2D eigenvalue weighted by Crippen LogP contribution is 2.23. The monoisotopic (exact) mass is 323 g/mol. The van der Waals surface area contributed by atoms with Crippen molar-refractivity contribution in [3.8, 4) is 0 Å². The van der Waals surface area contributed by atoms with Crippen LogP contribution >= 0.6 is 11.6 Å². The van der Waals surface area contributed by atoms with Crippen molar-refractivity contribution in [3.63, 3.8) is 0 Å². The number of hydrogen-bond donors (Lipinski definition) is 1. The molecule has 0 spiro atoms. The summed E-state index contributed by atoms with van der Waals surface area (Å²) >= 11 is 5.73. The number of nitrogens with zero attached hydrogens (tertiary/aromatic N) is 1. The number of alkyl halides is 1. The number of amides is 1. The Morgan fingerprint density at radius 2 is 2.05 bits per heavy atom. The topological polar surface area (TPSA) is 40.5 Å². The quantitative estimate of drug-likeness (QED) is 0.555. The number of allylic oxidation sites excluding steroid dienone is 1. The highest BCUT2D eigenvalue weighted by Gasteiger charge is 2.28. The van der Waals surface area contributed by atoms with Crippen LogP contribution in [0.25, 0.3) is 0 Å². The van der Waals surface area contributed by atoms with Crippen LogP contribution in [0.3, 0.4) is 0 Å². The second-order valence-corrected chi connectivity index (χ2v) is 5.98. The maximum Gasteiger partial charge on any atom is 0.226 e. The molecule has 1 aromatic carbocycles. The van der Waals surface area contributed by atoms with Crippen LogP contribution in [0.1, 0.15) is 37.9 Å². The second-order valence-electron chi connectivity index (χ2n) is 5.60. The number of benzene rings is 1. The zero-order valence-electron chi connectivity index (χ0n) is 13.4. The second kappa shape index (κ2) is 9.65. The molecule has 0 aliphatic heterocycles. The van der Waals surface area contributed by atoms with Gasteiger partial charge in [-0.3, -0.25) is 4.79 Å². The van der Waals surface area contributed by atoms with Gasteiger partial charge in [0, 0.05) is 18.8 Å². The molecule has 1 rings (SSSR count). The maximum absolute atomic E-state index is 12.6. The Hall–Kier alpha value is -1.32. The third kappa shape index (κ3) is 5.15. The molecule has 122 valence electrons. The first-order valence-electron chi connectivity index (χ1n) is 7.69. The number of carbonyl (C=O) groups excluding carboxylic acids is 1. The molecule has 0 aromatic heterocycles. The van der Waals surface area contributed by atoms with Gasteiger partial charge >= 0.3 is 0 Å². The van der Waals surface area contributed by atoms with E-state index in [0.717, 1.165) is 18.4 Å². The summed E-state index contributed by atoms with van der Waals surface area (Å²) in [5.41, 5.74) is 0.815. The van der Waals surface area contributed by atoms with E-state index in [2.05, 4.69) is 6.58 Å². The molecule has 0 heterocycles. The van der Waals surface area contributed by atoms with Gasteiger partial charge in [-0.1, -0.05) is 36.4 Å². The third-order valence-corrected chi connectivity index (χ3v) is 4.31. The lowest BCUT2D eigenvalue weighted by atomic mass is 9.96. The lowest BCUT2D eigenvalue weighted by Gasteiger charge is -2.32. The van der Waals surface area contributed by atoms with Crippen LogP contribution in [-0.2, 0) is 4.79 Å². The van der Waals surface area contributed by atoms with Crippen molar-refractivity contribution in [3.05, 3.63) is 48.6 Å². The molecule has 4 heteroatoms. The van der Waals surface area contributed by atoms with Crippen LogP contribution in [0.15, 0.2) is 43.0 Å². The van der Waals surface area contributed by atoms with Gasteiger partial charge in [0.25, 0.3) is 0 Å². The third-order valence-electron chi connectivity index (χ3n) is 4.04. The predicted octanol–water partition coefficient (Wildman–Crippen LogP) is 3.78. The van der Waals surface area contributed by atoms with Crippen molar-refractivity contribution >= 4 is 17.5 Å². The molecule has 0 aliphatic rings. The minimum atomic E-state index is -0.701. The number of hydrogen-bond acceptors (Lipinski definition) is 2. The first kappa shape index (κ1) is 18.7. The zero-order chi connectivity index (χ0) is 16.5. The molecule has 22 heavy (non-hydrogen) atoms. The van der Waals surface area contributed by atoms with E-state index in [-0.39, 0.29) is 17.9 Å². The van der Waals surface area contributed by atoms with Gasteiger partial charge in [-0.05, 0) is 31.7 Å². The average molecular weight is 324 g/mol. The Labute approximate surface area is 138 Å². The van der Waals surface area contributed by atoms with Gasteiger partial charge in [-0.25, -0.2) is 0 Å². The predicted molar refractivity (Wildman–Crippen MR) is 91.9 cm³/mol. The van der Waals surface area contributed by atoms with Gasteiger partial charge in [-0.2, -0.15) is 0 Å². The highest BCUT2D eigenvalue weighted by atomic mass is 35.5. The molecule has 3 nitrogen and oxygen atoms in total. The summed E-state index contributed by atoms with van der Waals surface area (Å²) in [7, 11) is 1.75. The highest BCUT2D eigenvalue weighted by molar-refractivity contribution is 6.17. The van der Waals surface area contributed by atoms with Crippen molar-refractivity contribution in [1.82, 2.24) is 4.90 Å². The van der Waals surface area contributed by atoms with E-state index in [9.17, 15) is 9.90 Å². The average Bonchev–Trinajstić information content (AvgIpc) is 2.56. The van der Waals surface area contributed by atoms with Gasteiger partial charge in [0.05, 0.1) is 12.1 Å². The fourth-order valence-corrected chi connectivity index (χ4v) is 2.65. The molecule has 3 atom stereocenters. The first-order chi connectivity index (χ1) is 10.5. The molecular formula is C18H26ClNO2. The molecule has 1 aromatic rings. The van der Waals surface area contributed by atoms with Crippen molar-refractivity contribution in [1.29, 1.82) is 0 Å². The molecule has 0 bridgehead atoms. The van der Waals surface area contributed by atoms with Crippen LogP contribution in [0.4, 0.5) is 0 Å². The SMILES string of the molecule is C=CC[C@@H](CCCCl)C(=O)N(C)[C@@H](C)[C@@H](O)c1ccccc1. The van der Waals surface area contributed by atoms with Crippen molar-refractivity contribution in [2.24, 2.45) is 5.92 Å². The van der Waals surface area contributed by atoms with E-state index in [1.165, 1.54) is 0 Å². The lowest BCUT2D eigenvalue weighted by Crippen LogP contribution is -2.42. The van der Waals surface area contributed by atoms with Gasteiger partial charge in [0.1, 0.15) is 0 Å². The molecule has 1 amide bonds. The fraction of sp³-hybridized carbons (Fsp3) is 0.500. The van der Waals surface area contributed by atoms with Crippen LogP contribution in [0.5, 0.6) is 0 Å². The molecule has 0 aliphatic carbocycles. The number of halogens is 1. The summed E-state index contributed by atoms with van der Waals surface area (Å²) in [5.74, 6) is 0.464. The number of aliphatic hydroxyl groups is 1. The Balaban J connectivity index is 2.76. The van der Waals surface area contributed by atoms with Crippen molar-refractivity contribution in [2.75, 3.05) is 12.9 Å². The first-order valence-corrected chi connectivity index (χ1v) is 8.22. The lowest BCUT2D eigenvalue weighted by molar-refractivity contribution is -0.138. The Morgan fingerprint density at radius 1 is 1.41 bits per heavy atom. The molecule has 0 saturated carbocycles. The summed E-state index contributed by atoms with van der Waals surface area (Å²) in [6.45, 7) is 5.59. The van der Waals surface area contributed by atoms with E-state index in [1.807, 2.05) is 37.3 Å². The van der Waals surface area contributed by atoms with Crippen LogP contribution < -0.4 is 0 Å². The summed E-state index contributed by atoms with van der Waals surface area (Å²) in [6, 6.07) is 9.12. The summed E-state index contributed by atoms with van der Waals surface area (Å²) in [6.07, 6.45) is 3.24. The Morgan fingerprint density at radius 3 is 2.59 bits per heavy atom. The molecule has 0 radical (unpaired) electrons. The van der Waals surface area contributed by atoms with Gasteiger partial charge < -0.3 is 10.0 Å². The zero-order valence-corrected chi connectivity index (χ0v) is 14.2. The molecule has 0 fully saturated rings. The minimum absolute atomic E-state index is 0.0347. The summed E-state index contributed by atoms with van der Waals surface area (Å²) in [4.78, 5) is 14.3. The van der Waals surface area contributed by atoms with E-state index < -0.39 is 6.10 Å². The van der Waals surface area contributed by atoms with E-state index in [1.54, 1.807) is 18.0 Å². The number of aliphatic hydroxyl groups excluding tert-OH is 1. The number of likely N-dealkylation sites (N-methyl/N-ethyl adjacent to an activating group) is 1. The molecule has 0 saturated heterocycles. The number of rotatable bonds is 9. The standard InChI is InChI=1S/C18H26ClNO2/c1-4-9-16(12-8-13-19)18(22)20(3)14(2)17(21)15-10-6-5-7-11-15/h4-7,10-11,14,16-17,21H,1,8-9,12-13H2,2-3H3/t14-,16-,17+/m0/s1. The van der Waals surface area contributed by atoms with Crippen molar-refractivity contribution in [2.45, 2.75) is 38.3 Å². The van der Waals surface area contributed by atoms with Gasteiger partial charge in [0.15, 0.2) is 0 Å². The molecule has 1 N–H and O–H groups in total. The van der Waals surface area contributed by atoms with Crippen LogP contribution in [0.2, 0.25) is 0 Å². The Bertz CT molecular complexity index is 463. The normalized spacial score (nSPS) is 14.9. The smallest absolute Gasteiger partial charge is 0.226 e. The van der Waals surface area contributed by atoms with Gasteiger partial charge in [-0.15, -0.1) is 18.2 Å². The van der Waals surface area contributed by atoms with Crippen molar-refractivity contribution < 1.29 is 9.90 Å². The fourth-order valence-electron chi connectivity index (χ4n) is 2.50. The Kier molecular flexibility index (Phi) is 8.21. The van der Waals surface area contributed by atoms with E-state index in [0.29, 0.717) is 12.3 Å². The maximum atomic E-state index is 12.6. The summed E-state index contributed by atoms with van der Waals surface area (Å²) in [5, 5.41) is 10.5.